The summed E-state index contributed by atoms with van der Waals surface area (Å²) >= 11 is -1.48. The van der Waals surface area contributed by atoms with Crippen LogP contribution in [-0.4, -0.2) is 50.6 Å². The SMILES string of the molecule is CNc1ncnc2c1nc[n]2[Zn][n]1cnc2c(NC)ncnc21. The second-order valence-electron chi connectivity index (χ2n) is 4.86. The number of hydrogen-bond acceptors (Lipinski definition) is 8. The first-order chi connectivity index (χ1) is 11.3. The first-order valence-electron chi connectivity index (χ1n) is 6.99. The van der Waals surface area contributed by atoms with Gasteiger partial charge in [-0.15, -0.1) is 0 Å². The quantitative estimate of drug-likeness (QED) is 0.501. The predicted octanol–water partition coefficient (Wildman–Crippen LogP) is 0.358. The molecular weight excluding hydrogens is 350 g/mol. The van der Waals surface area contributed by atoms with E-state index in [2.05, 4.69) is 47.2 Å². The second kappa shape index (κ2) is 5.51. The summed E-state index contributed by atoms with van der Waals surface area (Å²) < 4.78 is 4.21. The molecule has 0 amide bonds. The molecule has 0 radical (unpaired) electrons. The molecule has 0 aliphatic carbocycles. The van der Waals surface area contributed by atoms with Gasteiger partial charge in [0.05, 0.1) is 0 Å². The van der Waals surface area contributed by atoms with E-state index in [0.29, 0.717) is 0 Å². The fourth-order valence-electron chi connectivity index (χ4n) is 2.50. The van der Waals surface area contributed by atoms with Gasteiger partial charge in [0.15, 0.2) is 0 Å². The Bertz CT molecular complexity index is 910. The van der Waals surface area contributed by atoms with E-state index in [-0.39, 0.29) is 0 Å². The molecule has 0 aliphatic heterocycles. The van der Waals surface area contributed by atoms with Gasteiger partial charge in [0.25, 0.3) is 0 Å². The summed E-state index contributed by atoms with van der Waals surface area (Å²) in [6.07, 6.45) is 6.71. The van der Waals surface area contributed by atoms with Gasteiger partial charge in [-0.25, -0.2) is 0 Å². The van der Waals surface area contributed by atoms with E-state index in [0.717, 1.165) is 34.0 Å². The number of fused-ring (bicyclic) bond motifs is 2. The van der Waals surface area contributed by atoms with Crippen LogP contribution in [0.15, 0.2) is 25.3 Å². The molecular formula is C12H12N10Zn. The van der Waals surface area contributed by atoms with Gasteiger partial charge >= 0.3 is 138 Å². The molecule has 0 unspecified atom stereocenters. The van der Waals surface area contributed by atoms with E-state index < -0.39 is 17.6 Å². The first-order valence-corrected chi connectivity index (χ1v) is 9.64. The van der Waals surface area contributed by atoms with Crippen LogP contribution < -0.4 is 10.6 Å². The number of rotatable bonds is 4. The number of hydrogen-bond donors (Lipinski definition) is 2. The standard InChI is InChI=1S/2C6H6N5.Zn/c2*1-7-5-4-6(10-2-8-4)11-3-9-5;/h2*2-3H,1H3,(H-,7,8,9,10,11);/q2*-1;+2. The van der Waals surface area contributed by atoms with Gasteiger partial charge in [0.1, 0.15) is 0 Å². The van der Waals surface area contributed by atoms with Crippen LogP contribution >= 0.6 is 0 Å². The molecule has 0 bridgehead atoms. The van der Waals surface area contributed by atoms with Crippen LogP contribution in [0.3, 0.4) is 0 Å². The topological polar surface area (TPSA) is 111 Å². The van der Waals surface area contributed by atoms with Crippen molar-refractivity contribution in [1.82, 2.24) is 36.5 Å². The monoisotopic (exact) mass is 360 g/mol. The molecule has 0 aromatic carbocycles. The predicted molar refractivity (Wildman–Crippen MR) is 80.5 cm³/mol. The van der Waals surface area contributed by atoms with Crippen LogP contribution in [-0.2, 0) is 17.6 Å². The van der Waals surface area contributed by atoms with Crippen molar-refractivity contribution in [2.24, 2.45) is 0 Å². The number of nitrogens with one attached hydrogen (secondary N) is 2. The molecule has 4 rings (SSSR count). The van der Waals surface area contributed by atoms with Crippen molar-refractivity contribution in [3.05, 3.63) is 25.3 Å². The Hall–Kier alpha value is -2.68. The Morgan fingerprint density at radius 1 is 0.739 bits per heavy atom. The molecule has 10 nitrogen and oxygen atoms in total. The Morgan fingerprint density at radius 2 is 1.22 bits per heavy atom. The van der Waals surface area contributed by atoms with Crippen LogP contribution in [0.4, 0.5) is 11.6 Å². The third kappa shape index (κ3) is 2.20. The van der Waals surface area contributed by atoms with E-state index in [1.165, 1.54) is 0 Å². The number of imidazole rings is 2. The molecule has 0 fully saturated rings. The molecule has 4 aromatic rings. The molecule has 4 heterocycles. The van der Waals surface area contributed by atoms with E-state index in [4.69, 9.17) is 0 Å². The average Bonchev–Trinajstić information content (AvgIpc) is 3.19. The van der Waals surface area contributed by atoms with Crippen LogP contribution in [0.1, 0.15) is 0 Å². The molecule has 2 N–H and O–H groups in total. The summed E-state index contributed by atoms with van der Waals surface area (Å²) in [5.74, 6) is 1.46. The van der Waals surface area contributed by atoms with Gasteiger partial charge in [0, 0.05) is 0 Å². The first kappa shape index (κ1) is 14.0. The zero-order valence-electron chi connectivity index (χ0n) is 12.6. The van der Waals surface area contributed by atoms with Crippen molar-refractivity contribution in [3.63, 3.8) is 0 Å². The molecule has 0 aliphatic rings. The van der Waals surface area contributed by atoms with Gasteiger partial charge in [-0.05, 0) is 0 Å². The molecule has 0 saturated carbocycles. The van der Waals surface area contributed by atoms with Gasteiger partial charge in [0.2, 0.25) is 0 Å². The summed E-state index contributed by atoms with van der Waals surface area (Å²) in [6, 6.07) is 0. The summed E-state index contributed by atoms with van der Waals surface area (Å²) in [5.41, 5.74) is 3.20. The van der Waals surface area contributed by atoms with Gasteiger partial charge in [-0.2, -0.15) is 0 Å². The summed E-state index contributed by atoms with van der Waals surface area (Å²) in [5, 5.41) is 6.07. The van der Waals surface area contributed by atoms with Crippen molar-refractivity contribution in [2.75, 3.05) is 24.7 Å². The van der Waals surface area contributed by atoms with Crippen LogP contribution in [0.5, 0.6) is 0 Å². The molecule has 112 valence electrons. The molecule has 4 aromatic heterocycles. The fraction of sp³-hybridized carbons (Fsp3) is 0.167. The van der Waals surface area contributed by atoms with Crippen molar-refractivity contribution in [3.8, 4) is 0 Å². The summed E-state index contributed by atoms with van der Waals surface area (Å²) in [6.45, 7) is 0. The number of anilines is 2. The summed E-state index contributed by atoms with van der Waals surface area (Å²) in [4.78, 5) is 25.9. The Kier molecular flexibility index (Phi) is 3.34. The molecule has 0 spiro atoms. The maximum absolute atomic E-state index is 4.43. The van der Waals surface area contributed by atoms with E-state index in [1.807, 2.05) is 26.7 Å². The molecule has 0 atom stereocenters. The Morgan fingerprint density at radius 3 is 1.65 bits per heavy atom. The minimum absolute atomic E-state index is 0.728. The van der Waals surface area contributed by atoms with E-state index in [9.17, 15) is 0 Å². The van der Waals surface area contributed by atoms with E-state index >= 15 is 0 Å². The second-order valence-corrected chi connectivity index (χ2v) is 8.31. The number of nitrogens with zero attached hydrogens (tertiary/aromatic N) is 8. The van der Waals surface area contributed by atoms with Crippen molar-refractivity contribution >= 4 is 34.0 Å². The Labute approximate surface area is 138 Å². The van der Waals surface area contributed by atoms with Crippen LogP contribution in [0, 0.1) is 0 Å². The normalized spacial score (nSPS) is 10.9. The van der Waals surface area contributed by atoms with Crippen LogP contribution in [0.2, 0.25) is 0 Å². The molecule has 11 heteroatoms. The zero-order valence-corrected chi connectivity index (χ0v) is 15.6. The van der Waals surface area contributed by atoms with Crippen molar-refractivity contribution in [1.29, 1.82) is 0 Å². The van der Waals surface area contributed by atoms with Gasteiger partial charge in [-0.3, -0.25) is 0 Å². The molecule has 0 saturated heterocycles. The van der Waals surface area contributed by atoms with Gasteiger partial charge in [-0.1, -0.05) is 0 Å². The zero-order chi connectivity index (χ0) is 15.8. The average molecular weight is 362 g/mol. The van der Waals surface area contributed by atoms with Crippen molar-refractivity contribution < 1.29 is 17.6 Å². The third-order valence-electron chi connectivity index (χ3n) is 3.58. The minimum atomic E-state index is -1.48. The molecule has 23 heavy (non-hydrogen) atoms. The summed E-state index contributed by atoms with van der Waals surface area (Å²) in [7, 11) is 3.64. The van der Waals surface area contributed by atoms with Crippen molar-refractivity contribution in [2.45, 2.75) is 0 Å². The fourth-order valence-corrected chi connectivity index (χ4v) is 5.37. The van der Waals surface area contributed by atoms with Crippen LogP contribution in [0.25, 0.3) is 22.3 Å². The number of aromatic nitrogens is 8. The maximum atomic E-state index is 4.43. The Balaban J connectivity index is 1.80. The van der Waals surface area contributed by atoms with E-state index in [1.54, 1.807) is 12.7 Å². The van der Waals surface area contributed by atoms with Gasteiger partial charge < -0.3 is 0 Å². The third-order valence-corrected chi connectivity index (χ3v) is 6.80.